The molecule has 1 N–H and O–H groups in total. The fourth-order valence-electron chi connectivity index (χ4n) is 4.10. The summed E-state index contributed by atoms with van der Waals surface area (Å²) in [5, 5.41) is 3.54. The summed E-state index contributed by atoms with van der Waals surface area (Å²) < 4.78 is 26.6. The summed E-state index contributed by atoms with van der Waals surface area (Å²) in [6, 6.07) is 12.2. The maximum atomic E-state index is 13.5. The Kier molecular flexibility index (Phi) is 11.4. The van der Waals surface area contributed by atoms with Gasteiger partial charge in [-0.2, -0.15) is 0 Å². The molecule has 37 heavy (non-hydrogen) atoms. The molecule has 2 rings (SSSR count). The van der Waals surface area contributed by atoms with E-state index in [1.54, 1.807) is 17.0 Å². The van der Waals surface area contributed by atoms with Crippen molar-refractivity contribution in [3.63, 3.8) is 0 Å². The molecule has 0 spiro atoms. The maximum Gasteiger partial charge on any atom is 0.242 e. The number of benzene rings is 2. The van der Waals surface area contributed by atoms with Crippen LogP contribution in [-0.2, 0) is 26.2 Å². The fraction of sp³-hybridized carbons (Fsp3) is 0.500. The zero-order chi connectivity index (χ0) is 27.8. The predicted octanol–water partition coefficient (Wildman–Crippen LogP) is 5.08. The minimum Gasteiger partial charge on any atom is -0.354 e. The van der Waals surface area contributed by atoms with E-state index < -0.39 is 16.1 Å². The standard InChI is InChI=1S/C28H40ClN3O4S/c1-7-25(28(34)30-18-20(2)3)31(19-23-12-14-24(29)15-13-23)27(33)9-8-16-32(37(6,35)36)26-17-21(4)10-11-22(26)5/h10-15,17,20,25H,7-9,16,18-19H2,1-6H3,(H,30,34)/t25-/m0/s1. The van der Waals surface area contributed by atoms with Gasteiger partial charge >= 0.3 is 0 Å². The van der Waals surface area contributed by atoms with E-state index in [0.717, 1.165) is 16.7 Å². The van der Waals surface area contributed by atoms with Crippen LogP contribution < -0.4 is 9.62 Å². The maximum absolute atomic E-state index is 13.5. The lowest BCUT2D eigenvalue weighted by Gasteiger charge is -2.31. The predicted molar refractivity (Wildman–Crippen MR) is 151 cm³/mol. The third-order valence-electron chi connectivity index (χ3n) is 6.12. The quantitative estimate of drug-likeness (QED) is 0.377. The lowest BCUT2D eigenvalue weighted by molar-refractivity contribution is -0.141. The smallest absolute Gasteiger partial charge is 0.242 e. The highest BCUT2D eigenvalue weighted by Gasteiger charge is 2.29. The van der Waals surface area contributed by atoms with Crippen molar-refractivity contribution in [1.29, 1.82) is 0 Å². The van der Waals surface area contributed by atoms with Crippen molar-refractivity contribution in [2.24, 2.45) is 5.92 Å². The number of aryl methyl sites for hydroxylation is 2. The summed E-state index contributed by atoms with van der Waals surface area (Å²) in [5.74, 6) is -0.100. The van der Waals surface area contributed by atoms with Gasteiger partial charge in [0.15, 0.2) is 0 Å². The molecule has 0 aromatic heterocycles. The number of anilines is 1. The fourth-order valence-corrected chi connectivity index (χ4v) is 5.24. The molecule has 204 valence electrons. The SMILES string of the molecule is CC[C@@H](C(=O)NCC(C)C)N(Cc1ccc(Cl)cc1)C(=O)CCCN(c1cc(C)ccc1C)S(C)(=O)=O. The van der Waals surface area contributed by atoms with E-state index in [0.29, 0.717) is 30.1 Å². The summed E-state index contributed by atoms with van der Waals surface area (Å²) in [6.45, 7) is 10.6. The van der Waals surface area contributed by atoms with Gasteiger partial charge in [-0.25, -0.2) is 8.42 Å². The zero-order valence-electron chi connectivity index (χ0n) is 22.8. The van der Waals surface area contributed by atoms with Crippen LogP contribution in [0.4, 0.5) is 5.69 Å². The van der Waals surface area contributed by atoms with Crippen molar-refractivity contribution in [2.45, 2.75) is 66.5 Å². The van der Waals surface area contributed by atoms with Crippen molar-refractivity contribution in [3.05, 3.63) is 64.2 Å². The molecule has 0 aliphatic carbocycles. The highest BCUT2D eigenvalue weighted by Crippen LogP contribution is 2.25. The Labute approximate surface area is 227 Å². The van der Waals surface area contributed by atoms with E-state index in [9.17, 15) is 18.0 Å². The van der Waals surface area contributed by atoms with E-state index in [4.69, 9.17) is 11.6 Å². The molecular weight excluding hydrogens is 510 g/mol. The van der Waals surface area contributed by atoms with E-state index in [-0.39, 0.29) is 37.2 Å². The normalized spacial score (nSPS) is 12.3. The third kappa shape index (κ3) is 9.34. The summed E-state index contributed by atoms with van der Waals surface area (Å²) >= 11 is 6.03. The van der Waals surface area contributed by atoms with Crippen LogP contribution in [0.15, 0.2) is 42.5 Å². The van der Waals surface area contributed by atoms with Crippen molar-refractivity contribution in [2.75, 3.05) is 23.7 Å². The Bertz CT molecular complexity index is 1170. The Hall–Kier alpha value is -2.58. The van der Waals surface area contributed by atoms with Crippen LogP contribution in [-0.4, -0.2) is 50.5 Å². The minimum absolute atomic E-state index is 0.110. The monoisotopic (exact) mass is 549 g/mol. The molecule has 0 saturated heterocycles. The van der Waals surface area contributed by atoms with Crippen LogP contribution in [0.25, 0.3) is 0 Å². The summed E-state index contributed by atoms with van der Waals surface area (Å²) in [5.41, 5.74) is 3.28. The first-order chi connectivity index (χ1) is 17.3. The Morgan fingerprint density at radius 2 is 1.70 bits per heavy atom. The van der Waals surface area contributed by atoms with Crippen LogP contribution in [0.1, 0.15) is 56.7 Å². The van der Waals surface area contributed by atoms with Gasteiger partial charge in [-0.05, 0) is 67.5 Å². The number of amides is 2. The van der Waals surface area contributed by atoms with Gasteiger partial charge in [-0.1, -0.05) is 56.6 Å². The van der Waals surface area contributed by atoms with Gasteiger partial charge in [0.2, 0.25) is 21.8 Å². The lowest BCUT2D eigenvalue weighted by atomic mass is 10.1. The second kappa shape index (κ2) is 13.8. The Balaban J connectivity index is 2.23. The van der Waals surface area contributed by atoms with Crippen molar-refractivity contribution in [3.8, 4) is 0 Å². The van der Waals surface area contributed by atoms with Crippen molar-refractivity contribution in [1.82, 2.24) is 10.2 Å². The molecule has 7 nitrogen and oxygen atoms in total. The van der Waals surface area contributed by atoms with Crippen LogP contribution in [0.2, 0.25) is 5.02 Å². The molecule has 1 atom stereocenters. The van der Waals surface area contributed by atoms with Gasteiger partial charge in [0.25, 0.3) is 0 Å². The Morgan fingerprint density at radius 3 is 2.27 bits per heavy atom. The molecule has 0 aliphatic heterocycles. The third-order valence-corrected chi connectivity index (χ3v) is 7.55. The molecule has 9 heteroatoms. The summed E-state index contributed by atoms with van der Waals surface area (Å²) in [6.07, 6.45) is 2.07. The number of nitrogens with one attached hydrogen (secondary N) is 1. The Morgan fingerprint density at radius 1 is 1.05 bits per heavy atom. The number of rotatable bonds is 13. The number of carbonyl (C=O) groups is 2. The molecule has 2 amide bonds. The number of hydrogen-bond acceptors (Lipinski definition) is 4. The minimum atomic E-state index is -3.55. The first-order valence-corrected chi connectivity index (χ1v) is 14.9. The van der Waals surface area contributed by atoms with E-state index in [1.807, 2.05) is 65.0 Å². The van der Waals surface area contributed by atoms with Gasteiger partial charge in [0, 0.05) is 31.1 Å². The molecule has 0 fully saturated rings. The molecular formula is C28H40ClN3O4S. The molecule has 2 aromatic rings. The highest BCUT2D eigenvalue weighted by atomic mass is 35.5. The van der Waals surface area contributed by atoms with E-state index in [1.165, 1.54) is 10.6 Å². The van der Waals surface area contributed by atoms with Gasteiger partial charge in [0.1, 0.15) is 6.04 Å². The molecule has 0 bridgehead atoms. The van der Waals surface area contributed by atoms with Crippen molar-refractivity contribution >= 4 is 39.1 Å². The molecule has 0 radical (unpaired) electrons. The number of halogens is 1. The first kappa shape index (κ1) is 30.6. The van der Waals surface area contributed by atoms with E-state index in [2.05, 4.69) is 5.32 Å². The van der Waals surface area contributed by atoms with Gasteiger partial charge in [0.05, 0.1) is 11.9 Å². The van der Waals surface area contributed by atoms with E-state index >= 15 is 0 Å². The molecule has 0 saturated carbocycles. The van der Waals surface area contributed by atoms with Crippen LogP contribution in [0, 0.1) is 19.8 Å². The average Bonchev–Trinajstić information content (AvgIpc) is 2.82. The number of sulfonamides is 1. The number of hydrogen-bond donors (Lipinski definition) is 1. The second-order valence-corrected chi connectivity index (χ2v) is 12.3. The summed E-state index contributed by atoms with van der Waals surface area (Å²) in [4.78, 5) is 28.1. The lowest BCUT2D eigenvalue weighted by Crippen LogP contribution is -2.49. The van der Waals surface area contributed by atoms with Crippen molar-refractivity contribution < 1.29 is 18.0 Å². The van der Waals surface area contributed by atoms with Crippen LogP contribution >= 0.6 is 11.6 Å². The number of nitrogens with zero attached hydrogens (tertiary/aromatic N) is 2. The largest absolute Gasteiger partial charge is 0.354 e. The van der Waals surface area contributed by atoms with Crippen LogP contribution in [0.3, 0.4) is 0 Å². The second-order valence-electron chi connectivity index (χ2n) is 9.94. The molecule has 0 aliphatic rings. The number of carbonyl (C=O) groups excluding carboxylic acids is 2. The first-order valence-electron chi connectivity index (χ1n) is 12.7. The van der Waals surface area contributed by atoms with Gasteiger partial charge < -0.3 is 10.2 Å². The highest BCUT2D eigenvalue weighted by molar-refractivity contribution is 7.92. The average molecular weight is 550 g/mol. The molecule has 2 aromatic carbocycles. The zero-order valence-corrected chi connectivity index (χ0v) is 24.3. The molecule has 0 heterocycles. The summed E-state index contributed by atoms with van der Waals surface area (Å²) in [7, 11) is -3.55. The van der Waals surface area contributed by atoms with Crippen LogP contribution in [0.5, 0.6) is 0 Å². The van der Waals surface area contributed by atoms with Gasteiger partial charge in [-0.15, -0.1) is 0 Å². The molecule has 0 unspecified atom stereocenters. The van der Waals surface area contributed by atoms with Gasteiger partial charge in [-0.3, -0.25) is 13.9 Å². The topological polar surface area (TPSA) is 86.8 Å².